The van der Waals surface area contributed by atoms with Crippen LogP contribution in [0, 0.1) is 5.92 Å². The molecule has 0 amide bonds. The Bertz CT molecular complexity index is 464. The quantitative estimate of drug-likeness (QED) is 0.317. The van der Waals surface area contributed by atoms with Crippen LogP contribution in [-0.2, 0) is 14.3 Å². The van der Waals surface area contributed by atoms with Crippen LogP contribution in [0.15, 0.2) is 12.2 Å². The van der Waals surface area contributed by atoms with Crippen LogP contribution >= 0.6 is 12.2 Å². The molecule has 1 rings (SSSR count). The van der Waals surface area contributed by atoms with Gasteiger partial charge in [-0.3, -0.25) is 4.90 Å². The van der Waals surface area contributed by atoms with Crippen molar-refractivity contribution in [1.82, 2.24) is 15.5 Å². The van der Waals surface area contributed by atoms with E-state index < -0.39 is 11.9 Å². The standard InChI is InChI=1S/C14H29N3OS.C4H4O4/c1-4-15-14(19)16-9-13(11-18-10-12(2)3)17-7-5-6-8-17;5-3(6)1-2-4(7)8/h12-13H,4-11H2,1-3H3,(H2,15,16,19);1-2H,(H,5,6)(H,7,8)/b;2-1+. The molecule has 27 heavy (non-hydrogen) atoms. The van der Waals surface area contributed by atoms with E-state index in [4.69, 9.17) is 27.2 Å². The maximum atomic E-state index is 9.55. The normalized spacial score (nSPS) is 15.3. The lowest BCUT2D eigenvalue weighted by Crippen LogP contribution is -2.47. The molecule has 0 aromatic carbocycles. The van der Waals surface area contributed by atoms with Gasteiger partial charge in [0.05, 0.1) is 12.6 Å². The van der Waals surface area contributed by atoms with E-state index in [1.165, 1.54) is 25.9 Å². The Morgan fingerprint density at radius 2 is 1.67 bits per heavy atom. The lowest BCUT2D eigenvalue weighted by molar-refractivity contribution is -0.134. The van der Waals surface area contributed by atoms with Gasteiger partial charge in [0, 0.05) is 31.8 Å². The fourth-order valence-corrected chi connectivity index (χ4v) is 2.64. The summed E-state index contributed by atoms with van der Waals surface area (Å²) in [6, 6.07) is 0.429. The van der Waals surface area contributed by atoms with Crippen LogP contribution < -0.4 is 10.6 Å². The highest BCUT2D eigenvalue weighted by Gasteiger charge is 2.22. The zero-order valence-electron chi connectivity index (χ0n) is 16.4. The molecule has 1 aliphatic heterocycles. The number of likely N-dealkylation sites (tertiary alicyclic amines) is 1. The molecular formula is C18H33N3O5S. The molecule has 0 aliphatic carbocycles. The molecule has 8 nitrogen and oxygen atoms in total. The Kier molecular flexibility index (Phi) is 14.4. The predicted molar refractivity (Wildman–Crippen MR) is 109 cm³/mol. The summed E-state index contributed by atoms with van der Waals surface area (Å²) in [6.07, 6.45) is 3.72. The minimum Gasteiger partial charge on any atom is -0.478 e. The van der Waals surface area contributed by atoms with Gasteiger partial charge in [-0.15, -0.1) is 0 Å². The summed E-state index contributed by atoms with van der Waals surface area (Å²) in [5.41, 5.74) is 0. The largest absolute Gasteiger partial charge is 0.478 e. The summed E-state index contributed by atoms with van der Waals surface area (Å²) < 4.78 is 5.82. The van der Waals surface area contributed by atoms with Crippen molar-refractivity contribution in [3.63, 3.8) is 0 Å². The van der Waals surface area contributed by atoms with E-state index in [0.29, 0.717) is 24.1 Å². The van der Waals surface area contributed by atoms with Crippen molar-refractivity contribution in [2.75, 3.05) is 39.4 Å². The fourth-order valence-electron chi connectivity index (χ4n) is 2.42. The third-order valence-corrected chi connectivity index (χ3v) is 3.91. The second kappa shape index (κ2) is 15.4. The lowest BCUT2D eigenvalue weighted by Gasteiger charge is -2.28. The van der Waals surface area contributed by atoms with Crippen LogP contribution in [0.25, 0.3) is 0 Å². The van der Waals surface area contributed by atoms with Crippen molar-refractivity contribution in [3.05, 3.63) is 12.2 Å². The Labute approximate surface area is 166 Å². The minimum absolute atomic E-state index is 0.429. The first-order valence-corrected chi connectivity index (χ1v) is 9.64. The van der Waals surface area contributed by atoms with Gasteiger partial charge < -0.3 is 25.6 Å². The highest BCUT2D eigenvalue weighted by Crippen LogP contribution is 2.12. The number of carbonyl (C=O) groups is 2. The number of carboxylic acids is 2. The monoisotopic (exact) mass is 403 g/mol. The van der Waals surface area contributed by atoms with Gasteiger partial charge in [-0.2, -0.15) is 0 Å². The number of nitrogens with one attached hydrogen (secondary N) is 2. The molecule has 1 fully saturated rings. The lowest BCUT2D eigenvalue weighted by atomic mass is 10.2. The molecule has 0 spiro atoms. The van der Waals surface area contributed by atoms with Crippen molar-refractivity contribution < 1.29 is 24.5 Å². The molecule has 0 radical (unpaired) electrons. The molecule has 1 aliphatic rings. The number of ether oxygens (including phenoxy) is 1. The smallest absolute Gasteiger partial charge is 0.328 e. The molecule has 9 heteroatoms. The van der Waals surface area contributed by atoms with Crippen LogP contribution in [0.1, 0.15) is 33.6 Å². The van der Waals surface area contributed by atoms with Gasteiger partial charge in [0.15, 0.2) is 5.11 Å². The van der Waals surface area contributed by atoms with Crippen LogP contribution in [-0.4, -0.2) is 77.6 Å². The van der Waals surface area contributed by atoms with Gasteiger partial charge in [0.25, 0.3) is 0 Å². The van der Waals surface area contributed by atoms with E-state index >= 15 is 0 Å². The average molecular weight is 404 g/mol. The zero-order valence-corrected chi connectivity index (χ0v) is 17.3. The fraction of sp³-hybridized carbons (Fsp3) is 0.722. The molecule has 0 bridgehead atoms. The summed E-state index contributed by atoms with van der Waals surface area (Å²) >= 11 is 5.22. The van der Waals surface area contributed by atoms with Crippen LogP contribution in [0.2, 0.25) is 0 Å². The summed E-state index contributed by atoms with van der Waals surface area (Å²) in [7, 11) is 0. The average Bonchev–Trinajstić information content (AvgIpc) is 3.11. The first-order valence-electron chi connectivity index (χ1n) is 9.23. The van der Waals surface area contributed by atoms with Crippen LogP contribution in [0.5, 0.6) is 0 Å². The SMILES string of the molecule is CCNC(=S)NCC(COCC(C)C)N1CCCC1.O=C(O)/C=C/C(=O)O. The summed E-state index contributed by atoms with van der Waals surface area (Å²) in [6.45, 7) is 12.1. The van der Waals surface area contributed by atoms with Crippen molar-refractivity contribution in [2.45, 2.75) is 39.7 Å². The number of thiocarbonyl (C=S) groups is 1. The highest BCUT2D eigenvalue weighted by atomic mass is 32.1. The zero-order chi connectivity index (χ0) is 20.7. The molecule has 1 saturated heterocycles. The van der Waals surface area contributed by atoms with Gasteiger partial charge in [0.2, 0.25) is 0 Å². The predicted octanol–water partition coefficient (Wildman–Crippen LogP) is 1.32. The van der Waals surface area contributed by atoms with Gasteiger partial charge in [-0.1, -0.05) is 13.8 Å². The summed E-state index contributed by atoms with van der Waals surface area (Å²) in [4.78, 5) is 21.6. The van der Waals surface area contributed by atoms with E-state index in [9.17, 15) is 9.59 Å². The molecule has 0 aromatic rings. The number of hydrogen-bond acceptors (Lipinski definition) is 5. The van der Waals surface area contributed by atoms with Crippen molar-refractivity contribution >= 4 is 29.3 Å². The molecule has 1 heterocycles. The van der Waals surface area contributed by atoms with E-state index in [-0.39, 0.29) is 0 Å². The maximum absolute atomic E-state index is 9.55. The van der Waals surface area contributed by atoms with Crippen molar-refractivity contribution in [3.8, 4) is 0 Å². The first-order chi connectivity index (χ1) is 12.8. The Balaban J connectivity index is 0.000000713. The van der Waals surface area contributed by atoms with E-state index in [2.05, 4.69) is 36.3 Å². The summed E-state index contributed by atoms with van der Waals surface area (Å²) in [5.74, 6) is -1.92. The molecule has 156 valence electrons. The van der Waals surface area contributed by atoms with E-state index in [1.54, 1.807) is 0 Å². The van der Waals surface area contributed by atoms with Crippen molar-refractivity contribution in [2.24, 2.45) is 5.92 Å². The number of hydrogen-bond donors (Lipinski definition) is 4. The van der Waals surface area contributed by atoms with Gasteiger partial charge in [-0.05, 0) is 51.0 Å². The number of aliphatic carboxylic acids is 2. The van der Waals surface area contributed by atoms with Gasteiger partial charge in [0.1, 0.15) is 0 Å². The van der Waals surface area contributed by atoms with Crippen molar-refractivity contribution in [1.29, 1.82) is 0 Å². The second-order valence-electron chi connectivity index (χ2n) is 6.58. The minimum atomic E-state index is -1.26. The van der Waals surface area contributed by atoms with E-state index in [0.717, 1.165) is 31.4 Å². The second-order valence-corrected chi connectivity index (χ2v) is 6.99. The third kappa shape index (κ3) is 15.1. The van der Waals surface area contributed by atoms with Gasteiger partial charge in [-0.25, -0.2) is 9.59 Å². The number of nitrogens with zero attached hydrogens (tertiary/aromatic N) is 1. The molecule has 4 N–H and O–H groups in total. The Morgan fingerprint density at radius 3 is 2.11 bits per heavy atom. The Morgan fingerprint density at radius 1 is 1.11 bits per heavy atom. The van der Waals surface area contributed by atoms with Crippen LogP contribution in [0.4, 0.5) is 0 Å². The van der Waals surface area contributed by atoms with Crippen LogP contribution in [0.3, 0.4) is 0 Å². The molecular weight excluding hydrogens is 370 g/mol. The first kappa shape index (κ1) is 25.3. The third-order valence-electron chi connectivity index (χ3n) is 3.62. The molecule has 1 atom stereocenters. The highest BCUT2D eigenvalue weighted by molar-refractivity contribution is 7.80. The Hall–Kier alpha value is -1.71. The maximum Gasteiger partial charge on any atom is 0.328 e. The summed E-state index contributed by atoms with van der Waals surface area (Å²) in [5, 5.41) is 22.8. The number of carboxylic acid groups (broad SMARTS) is 2. The molecule has 0 aromatic heterocycles. The van der Waals surface area contributed by atoms with Gasteiger partial charge >= 0.3 is 11.9 Å². The topological polar surface area (TPSA) is 111 Å². The number of rotatable bonds is 10. The molecule has 1 unspecified atom stereocenters. The van der Waals surface area contributed by atoms with E-state index in [1.807, 2.05) is 0 Å². The molecule has 0 saturated carbocycles.